The average molecular weight is 617 g/mol. The summed E-state index contributed by atoms with van der Waals surface area (Å²) in [6.07, 6.45) is 2.64. The van der Waals surface area contributed by atoms with Crippen molar-refractivity contribution < 1.29 is 9.18 Å². The van der Waals surface area contributed by atoms with Crippen LogP contribution >= 0.6 is 46.4 Å². The Hall–Kier alpha value is -3.23. The Labute approximate surface area is 249 Å². The first kappa shape index (κ1) is 27.0. The number of amides is 1. The molecule has 11 heteroatoms. The topological polar surface area (TPSA) is 63.4 Å². The lowest BCUT2D eigenvalue weighted by atomic mass is 9.97. The van der Waals surface area contributed by atoms with Crippen LogP contribution in [0.15, 0.2) is 60.7 Å². The molecule has 0 saturated carbocycles. The van der Waals surface area contributed by atoms with Crippen LogP contribution < -0.4 is 10.6 Å². The zero-order valence-corrected chi connectivity index (χ0v) is 24.0. The molecule has 0 unspecified atom stereocenters. The fraction of sp³-hybridized carbons (Fsp3) is 0.172. The predicted octanol–water partition coefficient (Wildman–Crippen LogP) is 8.76. The zero-order chi connectivity index (χ0) is 28.0. The molecule has 0 bridgehead atoms. The first-order chi connectivity index (χ1) is 19.3. The summed E-state index contributed by atoms with van der Waals surface area (Å²) < 4.78 is 17.7. The molecule has 1 amide bonds. The third-order valence-electron chi connectivity index (χ3n) is 6.96. The fourth-order valence-corrected chi connectivity index (χ4v) is 5.72. The van der Waals surface area contributed by atoms with E-state index in [1.807, 2.05) is 6.07 Å². The molecule has 3 heterocycles. The van der Waals surface area contributed by atoms with Crippen molar-refractivity contribution in [2.24, 2.45) is 0 Å². The van der Waals surface area contributed by atoms with Crippen LogP contribution in [0.5, 0.6) is 0 Å². The normalized spacial score (nSPS) is 12.9. The minimum atomic E-state index is -0.367. The summed E-state index contributed by atoms with van der Waals surface area (Å²) in [7, 11) is 0. The van der Waals surface area contributed by atoms with E-state index in [0.29, 0.717) is 38.0 Å². The van der Waals surface area contributed by atoms with Crippen LogP contribution in [0.25, 0.3) is 16.8 Å². The predicted molar refractivity (Wildman–Crippen MR) is 160 cm³/mol. The standard InChI is InChI=1S/C29H22Cl4FN5O/c30-21-10-8-18(13-23(21)32)35-15-25-37-39-27(28(40)36-19-9-11-22(31)24(33)14-19)26(16-4-6-17(34)7-5-16)20-3-1-2-12-38(25)29(20)39/h4-11,13-14,35H,1-3,12,15H2,(H,36,40). The molecular formula is C29H22Cl4FN5O. The average Bonchev–Trinajstić information content (AvgIpc) is 3.33. The van der Waals surface area contributed by atoms with Crippen LogP contribution in [-0.2, 0) is 19.5 Å². The minimum absolute atomic E-state index is 0.327. The van der Waals surface area contributed by atoms with E-state index < -0.39 is 0 Å². The molecule has 0 atom stereocenters. The number of carbonyl (C=O) groups is 1. The second-order valence-electron chi connectivity index (χ2n) is 9.53. The van der Waals surface area contributed by atoms with Crippen LogP contribution in [0.2, 0.25) is 20.1 Å². The second kappa shape index (κ2) is 11.0. The second-order valence-corrected chi connectivity index (χ2v) is 11.2. The lowest BCUT2D eigenvalue weighted by Crippen LogP contribution is -2.16. The number of anilines is 2. The van der Waals surface area contributed by atoms with E-state index in [0.717, 1.165) is 59.7 Å². The fourth-order valence-electron chi connectivity index (χ4n) is 5.12. The van der Waals surface area contributed by atoms with Crippen molar-refractivity contribution in [3.05, 3.63) is 104 Å². The molecule has 6 rings (SSSR count). The molecular weight excluding hydrogens is 595 g/mol. The lowest BCUT2D eigenvalue weighted by molar-refractivity contribution is 0.102. The van der Waals surface area contributed by atoms with Crippen molar-refractivity contribution in [2.45, 2.75) is 32.4 Å². The quantitative estimate of drug-likeness (QED) is 0.200. The molecule has 0 spiro atoms. The van der Waals surface area contributed by atoms with Gasteiger partial charge in [-0.2, -0.15) is 5.10 Å². The minimum Gasteiger partial charge on any atom is -0.378 e. The van der Waals surface area contributed by atoms with Gasteiger partial charge in [0.15, 0.2) is 5.82 Å². The zero-order valence-electron chi connectivity index (χ0n) is 20.9. The van der Waals surface area contributed by atoms with Crippen LogP contribution in [-0.4, -0.2) is 20.1 Å². The Morgan fingerprint density at radius 2 is 1.55 bits per heavy atom. The van der Waals surface area contributed by atoms with Crippen molar-refractivity contribution in [2.75, 3.05) is 10.6 Å². The maximum Gasteiger partial charge on any atom is 0.275 e. The van der Waals surface area contributed by atoms with Crippen molar-refractivity contribution in [3.63, 3.8) is 0 Å². The molecule has 1 aliphatic heterocycles. The van der Waals surface area contributed by atoms with Crippen LogP contribution in [0.1, 0.15) is 34.7 Å². The van der Waals surface area contributed by atoms with E-state index in [9.17, 15) is 9.18 Å². The first-order valence-corrected chi connectivity index (χ1v) is 14.2. The van der Waals surface area contributed by atoms with E-state index in [1.165, 1.54) is 12.1 Å². The van der Waals surface area contributed by atoms with Gasteiger partial charge in [0.1, 0.15) is 17.2 Å². The Kier molecular flexibility index (Phi) is 7.40. The summed E-state index contributed by atoms with van der Waals surface area (Å²) in [6.45, 7) is 1.15. The van der Waals surface area contributed by atoms with Gasteiger partial charge < -0.3 is 15.2 Å². The number of nitrogens with zero attached hydrogens (tertiary/aromatic N) is 3. The van der Waals surface area contributed by atoms with Gasteiger partial charge in [0.05, 0.1) is 26.6 Å². The highest BCUT2D eigenvalue weighted by Crippen LogP contribution is 2.37. The number of hydrogen-bond donors (Lipinski definition) is 2. The molecule has 2 aromatic heterocycles. The van der Waals surface area contributed by atoms with Gasteiger partial charge in [0.25, 0.3) is 5.91 Å². The van der Waals surface area contributed by atoms with Crippen LogP contribution in [0.3, 0.4) is 0 Å². The van der Waals surface area contributed by atoms with Crippen LogP contribution in [0.4, 0.5) is 15.8 Å². The van der Waals surface area contributed by atoms with Gasteiger partial charge in [-0.25, -0.2) is 8.91 Å². The smallest absolute Gasteiger partial charge is 0.275 e. The molecule has 3 aromatic carbocycles. The Balaban J connectivity index is 1.48. The third-order valence-corrected chi connectivity index (χ3v) is 8.44. The number of benzene rings is 3. The molecule has 0 saturated heterocycles. The van der Waals surface area contributed by atoms with Gasteiger partial charge in [-0.3, -0.25) is 4.79 Å². The van der Waals surface area contributed by atoms with Crippen molar-refractivity contribution in [3.8, 4) is 11.1 Å². The molecule has 5 aromatic rings. The summed E-state index contributed by atoms with van der Waals surface area (Å²) in [6, 6.07) is 16.4. The van der Waals surface area contributed by atoms with E-state index in [4.69, 9.17) is 51.5 Å². The summed E-state index contributed by atoms with van der Waals surface area (Å²) in [5.74, 6) is 0.0464. The Morgan fingerprint density at radius 1 is 0.875 bits per heavy atom. The largest absolute Gasteiger partial charge is 0.378 e. The van der Waals surface area contributed by atoms with Crippen molar-refractivity contribution in [1.82, 2.24) is 14.2 Å². The SMILES string of the molecule is O=C(Nc1ccc(Cl)c(Cl)c1)c1c(-c2ccc(F)cc2)c2c3n(c(CNc4ccc(Cl)c(Cl)c4)nn13)CCCC2. The van der Waals surface area contributed by atoms with Crippen LogP contribution in [0, 0.1) is 5.82 Å². The maximum absolute atomic E-state index is 13.9. The monoisotopic (exact) mass is 615 g/mol. The van der Waals surface area contributed by atoms with Gasteiger partial charge in [0, 0.05) is 29.0 Å². The number of hydrogen-bond acceptors (Lipinski definition) is 3. The number of aromatic nitrogens is 3. The van der Waals surface area contributed by atoms with Crippen molar-refractivity contribution >= 4 is 69.3 Å². The van der Waals surface area contributed by atoms with Gasteiger partial charge in [0.2, 0.25) is 0 Å². The summed E-state index contributed by atoms with van der Waals surface area (Å²) in [4.78, 5) is 13.9. The number of nitrogens with one attached hydrogen (secondary N) is 2. The highest BCUT2D eigenvalue weighted by Gasteiger charge is 2.30. The van der Waals surface area contributed by atoms with Crippen molar-refractivity contribution in [1.29, 1.82) is 0 Å². The van der Waals surface area contributed by atoms with Gasteiger partial charge in [-0.05, 0) is 73.4 Å². The highest BCUT2D eigenvalue weighted by molar-refractivity contribution is 6.42. The lowest BCUT2D eigenvalue weighted by Gasteiger charge is -2.11. The Morgan fingerprint density at radius 3 is 2.25 bits per heavy atom. The van der Waals surface area contributed by atoms with Gasteiger partial charge in [-0.15, -0.1) is 0 Å². The molecule has 2 N–H and O–H groups in total. The van der Waals surface area contributed by atoms with E-state index in [1.54, 1.807) is 47.0 Å². The van der Waals surface area contributed by atoms with Gasteiger partial charge >= 0.3 is 0 Å². The molecule has 204 valence electrons. The highest BCUT2D eigenvalue weighted by atomic mass is 35.5. The molecule has 0 radical (unpaired) electrons. The number of halogens is 5. The van der Waals surface area contributed by atoms with E-state index in [-0.39, 0.29) is 11.7 Å². The molecule has 0 aliphatic carbocycles. The molecule has 6 nitrogen and oxygen atoms in total. The molecule has 0 fully saturated rings. The summed E-state index contributed by atoms with van der Waals surface area (Å²) in [5.41, 5.74) is 4.98. The number of aryl methyl sites for hydroxylation is 2. The van der Waals surface area contributed by atoms with Gasteiger partial charge in [-0.1, -0.05) is 58.5 Å². The summed E-state index contributed by atoms with van der Waals surface area (Å²) >= 11 is 24.5. The molecule has 1 aliphatic rings. The van der Waals surface area contributed by atoms with E-state index in [2.05, 4.69) is 15.2 Å². The Bertz CT molecular complexity index is 1760. The third kappa shape index (κ3) is 5.03. The summed E-state index contributed by atoms with van der Waals surface area (Å²) in [5, 5.41) is 12.9. The first-order valence-electron chi connectivity index (χ1n) is 12.6. The molecule has 40 heavy (non-hydrogen) atoms. The maximum atomic E-state index is 13.9. The number of carbonyl (C=O) groups excluding carboxylic acids is 1. The number of rotatable bonds is 6. The van der Waals surface area contributed by atoms with E-state index >= 15 is 0 Å².